The van der Waals surface area contributed by atoms with Crippen LogP contribution in [-0.2, 0) is 19.0 Å². The molecule has 2 aromatic carbocycles. The quantitative estimate of drug-likeness (QED) is 0.0806. The SMILES string of the molecule is C=Cc1cc(C(=O)Nc2ccc(C(=N)NC(=O)OC(C)OC(=O)C(C)C)cc2)c(-c2ccc(C(=O)NCC3CC3)nc2C(=O)OC)cc1OC. The third-order valence-electron chi connectivity index (χ3n) is 7.56. The maximum atomic E-state index is 13.8. The summed E-state index contributed by atoms with van der Waals surface area (Å²) in [6, 6.07) is 12.2. The number of ether oxygens (including phenoxy) is 4. The van der Waals surface area contributed by atoms with E-state index in [4.69, 9.17) is 24.4 Å². The predicted molar refractivity (Wildman–Crippen MR) is 184 cm³/mol. The van der Waals surface area contributed by atoms with Crippen molar-refractivity contribution in [2.45, 2.75) is 39.9 Å². The first kappa shape index (κ1) is 36.8. The molecule has 0 aliphatic heterocycles. The zero-order valence-electron chi connectivity index (χ0n) is 28.4. The Morgan fingerprint density at radius 1 is 0.960 bits per heavy atom. The van der Waals surface area contributed by atoms with Gasteiger partial charge in [-0.15, -0.1) is 0 Å². The van der Waals surface area contributed by atoms with Gasteiger partial charge in [0.25, 0.3) is 11.8 Å². The lowest BCUT2D eigenvalue weighted by atomic mass is 9.94. The van der Waals surface area contributed by atoms with Crippen molar-refractivity contribution < 1.29 is 42.9 Å². The first-order valence-electron chi connectivity index (χ1n) is 15.8. The molecule has 1 fully saturated rings. The maximum Gasteiger partial charge on any atom is 0.415 e. The van der Waals surface area contributed by atoms with Gasteiger partial charge in [-0.05, 0) is 67.3 Å². The molecule has 1 heterocycles. The Morgan fingerprint density at radius 3 is 2.26 bits per heavy atom. The lowest BCUT2D eigenvalue weighted by Crippen LogP contribution is -2.35. The number of methoxy groups -OCH3 is 2. The monoisotopic (exact) mass is 685 g/mol. The van der Waals surface area contributed by atoms with Crippen LogP contribution in [0.15, 0.2) is 55.1 Å². The van der Waals surface area contributed by atoms with Gasteiger partial charge in [-0.2, -0.15) is 0 Å². The number of pyridine rings is 1. The topological polar surface area (TPSA) is 195 Å². The number of hydrogen-bond donors (Lipinski definition) is 4. The highest BCUT2D eigenvalue weighted by Crippen LogP contribution is 2.35. The summed E-state index contributed by atoms with van der Waals surface area (Å²) in [4.78, 5) is 67.8. The third kappa shape index (κ3) is 9.30. The molecular weight excluding hydrogens is 646 g/mol. The van der Waals surface area contributed by atoms with Gasteiger partial charge in [0, 0.05) is 47.0 Å². The van der Waals surface area contributed by atoms with Gasteiger partial charge in [-0.1, -0.05) is 26.5 Å². The molecule has 1 atom stereocenters. The predicted octanol–water partition coefficient (Wildman–Crippen LogP) is 5.18. The summed E-state index contributed by atoms with van der Waals surface area (Å²) in [5.41, 5.74) is 1.62. The van der Waals surface area contributed by atoms with Crippen molar-refractivity contribution in [1.82, 2.24) is 15.6 Å². The van der Waals surface area contributed by atoms with Crippen LogP contribution in [0.4, 0.5) is 10.5 Å². The van der Waals surface area contributed by atoms with Crippen LogP contribution in [-0.4, -0.2) is 67.7 Å². The average molecular weight is 686 g/mol. The fourth-order valence-electron chi connectivity index (χ4n) is 4.65. The number of anilines is 1. The largest absolute Gasteiger partial charge is 0.496 e. The standard InChI is InChI=1S/C36H39N5O9/c1-7-22-16-27(32(42)39-24-12-10-23(11-13-24)31(37)41-36(46)50-20(4)49-34(44)19(2)3)26(17-29(22)47-5)25-14-15-28(40-30(25)35(45)48-6)33(43)38-18-21-8-9-21/h7,10-17,19-21H,1,8-9,18H2,2-6H3,(H,38,43)(H,39,42)(H2,37,41,46). The van der Waals surface area contributed by atoms with E-state index < -0.39 is 42.1 Å². The lowest BCUT2D eigenvalue weighted by molar-refractivity contribution is -0.168. The number of hydrogen-bond acceptors (Lipinski definition) is 11. The molecule has 0 radical (unpaired) electrons. The molecular formula is C36H39N5O9. The van der Waals surface area contributed by atoms with Gasteiger partial charge in [0.2, 0.25) is 6.29 Å². The molecule has 1 aliphatic rings. The van der Waals surface area contributed by atoms with Crippen molar-refractivity contribution >= 4 is 47.4 Å². The summed E-state index contributed by atoms with van der Waals surface area (Å²) in [7, 11) is 2.64. The second-order valence-corrected chi connectivity index (χ2v) is 11.7. The van der Waals surface area contributed by atoms with Crippen LogP contribution in [0.3, 0.4) is 0 Å². The summed E-state index contributed by atoms with van der Waals surface area (Å²) in [6.07, 6.45) is 1.46. The summed E-state index contributed by atoms with van der Waals surface area (Å²) in [5.74, 6) is -2.24. The summed E-state index contributed by atoms with van der Waals surface area (Å²) in [5, 5.41) is 16.1. The van der Waals surface area contributed by atoms with E-state index in [0.29, 0.717) is 35.0 Å². The molecule has 1 unspecified atom stereocenters. The van der Waals surface area contributed by atoms with Crippen LogP contribution < -0.4 is 20.7 Å². The van der Waals surface area contributed by atoms with Crippen molar-refractivity contribution in [1.29, 1.82) is 5.41 Å². The van der Waals surface area contributed by atoms with Crippen molar-refractivity contribution in [3.63, 3.8) is 0 Å². The molecule has 14 nitrogen and oxygen atoms in total. The van der Waals surface area contributed by atoms with E-state index in [9.17, 15) is 24.0 Å². The number of nitrogens with one attached hydrogen (secondary N) is 4. The number of amides is 3. The summed E-state index contributed by atoms with van der Waals surface area (Å²) in [6.45, 7) is 8.98. The Morgan fingerprint density at radius 2 is 1.66 bits per heavy atom. The van der Waals surface area contributed by atoms with Crippen LogP contribution in [0.1, 0.15) is 76.1 Å². The van der Waals surface area contributed by atoms with E-state index in [2.05, 4.69) is 27.5 Å². The zero-order valence-corrected chi connectivity index (χ0v) is 28.4. The molecule has 262 valence electrons. The molecule has 1 aliphatic carbocycles. The van der Waals surface area contributed by atoms with E-state index in [-0.39, 0.29) is 33.9 Å². The number of carbonyl (C=O) groups excluding carboxylic acids is 5. The van der Waals surface area contributed by atoms with Crippen molar-refractivity contribution in [2.24, 2.45) is 11.8 Å². The Bertz CT molecular complexity index is 1820. The van der Waals surface area contributed by atoms with Crippen LogP contribution in [0, 0.1) is 17.2 Å². The molecule has 3 aromatic rings. The Balaban J connectivity index is 1.57. The van der Waals surface area contributed by atoms with Gasteiger partial charge in [0.05, 0.1) is 20.1 Å². The Hall–Kier alpha value is -6.05. The smallest absolute Gasteiger partial charge is 0.415 e. The molecule has 4 N–H and O–H groups in total. The van der Waals surface area contributed by atoms with Gasteiger partial charge in [0.1, 0.15) is 17.3 Å². The fourth-order valence-corrected chi connectivity index (χ4v) is 4.65. The molecule has 1 aromatic heterocycles. The minimum absolute atomic E-state index is 0.0213. The average Bonchev–Trinajstić information content (AvgIpc) is 3.94. The van der Waals surface area contributed by atoms with E-state index >= 15 is 0 Å². The van der Waals surface area contributed by atoms with Crippen molar-refractivity contribution in [2.75, 3.05) is 26.1 Å². The van der Waals surface area contributed by atoms with E-state index in [1.54, 1.807) is 26.0 Å². The molecule has 3 amide bonds. The number of carbonyl (C=O) groups is 5. The van der Waals surface area contributed by atoms with Gasteiger partial charge in [-0.25, -0.2) is 14.6 Å². The highest BCUT2D eigenvalue weighted by atomic mass is 16.7. The minimum atomic E-state index is -1.16. The summed E-state index contributed by atoms with van der Waals surface area (Å²) >= 11 is 0. The number of esters is 2. The first-order chi connectivity index (χ1) is 23.8. The van der Waals surface area contributed by atoms with Gasteiger partial charge in [-0.3, -0.25) is 25.1 Å². The number of nitrogens with zero attached hydrogens (tertiary/aromatic N) is 1. The number of alkyl carbamates (subject to hydrolysis) is 1. The van der Waals surface area contributed by atoms with E-state index in [0.717, 1.165) is 12.8 Å². The second-order valence-electron chi connectivity index (χ2n) is 11.7. The van der Waals surface area contributed by atoms with Crippen molar-refractivity contribution in [3.05, 3.63) is 83.2 Å². The first-order valence-corrected chi connectivity index (χ1v) is 15.8. The third-order valence-corrected chi connectivity index (χ3v) is 7.56. The molecule has 0 bridgehead atoms. The van der Waals surface area contributed by atoms with Gasteiger partial charge in [0.15, 0.2) is 5.69 Å². The number of amidine groups is 1. The lowest BCUT2D eigenvalue weighted by Gasteiger charge is -2.17. The number of benzene rings is 2. The summed E-state index contributed by atoms with van der Waals surface area (Å²) < 4.78 is 20.5. The maximum absolute atomic E-state index is 13.8. The molecule has 14 heteroatoms. The van der Waals surface area contributed by atoms with Crippen molar-refractivity contribution in [3.8, 4) is 16.9 Å². The van der Waals surface area contributed by atoms with Gasteiger partial charge < -0.3 is 29.6 Å². The number of aromatic nitrogens is 1. The molecule has 0 spiro atoms. The van der Waals surface area contributed by atoms with Crippen LogP contribution >= 0.6 is 0 Å². The second kappa shape index (κ2) is 16.4. The highest BCUT2D eigenvalue weighted by Gasteiger charge is 2.26. The molecule has 0 saturated heterocycles. The van der Waals surface area contributed by atoms with E-state index in [1.165, 1.54) is 63.6 Å². The normalized spacial score (nSPS) is 12.6. The molecule has 50 heavy (non-hydrogen) atoms. The Kier molecular flexibility index (Phi) is 12.0. The van der Waals surface area contributed by atoms with Crippen LogP contribution in [0.5, 0.6) is 5.75 Å². The zero-order chi connectivity index (χ0) is 36.5. The number of rotatable bonds is 13. The fraction of sp³-hybridized carbons (Fsp3) is 0.306. The van der Waals surface area contributed by atoms with Crippen LogP contribution in [0.2, 0.25) is 0 Å². The Labute approximate surface area is 289 Å². The minimum Gasteiger partial charge on any atom is -0.496 e. The molecule has 1 saturated carbocycles. The molecule has 4 rings (SSSR count). The highest BCUT2D eigenvalue weighted by molar-refractivity contribution is 6.11. The van der Waals surface area contributed by atoms with Gasteiger partial charge >= 0.3 is 18.0 Å². The van der Waals surface area contributed by atoms with E-state index in [1.807, 2.05) is 0 Å². The van der Waals surface area contributed by atoms with Crippen LogP contribution in [0.25, 0.3) is 17.2 Å².